The van der Waals surface area contributed by atoms with Crippen molar-refractivity contribution in [3.8, 4) is 11.5 Å². The van der Waals surface area contributed by atoms with Gasteiger partial charge in [-0.25, -0.2) is 9.48 Å². The number of ether oxygens (including phenoxy) is 3. The number of fused-ring (bicyclic) bond motifs is 1. The van der Waals surface area contributed by atoms with Gasteiger partial charge in [-0.1, -0.05) is 5.21 Å². The molecule has 1 aromatic carbocycles. The number of likely N-dealkylation sites (tertiary alicyclic amines) is 1. The number of amides is 3. The fourth-order valence-electron chi connectivity index (χ4n) is 3.59. The molecule has 11 nitrogen and oxygen atoms in total. The summed E-state index contributed by atoms with van der Waals surface area (Å²) in [7, 11) is 0. The average Bonchev–Trinajstić information content (AvgIpc) is 3.22. The van der Waals surface area contributed by atoms with E-state index in [2.05, 4.69) is 15.6 Å². The van der Waals surface area contributed by atoms with Crippen LogP contribution in [-0.4, -0.2) is 89.3 Å². The minimum absolute atomic E-state index is 0.00486. The van der Waals surface area contributed by atoms with Crippen molar-refractivity contribution >= 4 is 17.6 Å². The molecule has 2 saturated heterocycles. The normalized spacial score (nSPS) is 18.7. The van der Waals surface area contributed by atoms with Gasteiger partial charge in [0.1, 0.15) is 13.2 Å². The predicted molar refractivity (Wildman–Crippen MR) is 104 cm³/mol. The van der Waals surface area contributed by atoms with Crippen LogP contribution in [0.15, 0.2) is 24.4 Å². The summed E-state index contributed by atoms with van der Waals surface area (Å²) in [5.41, 5.74) is 0.961. The highest BCUT2D eigenvalue weighted by Gasteiger charge is 2.34. The van der Waals surface area contributed by atoms with Crippen LogP contribution in [0.1, 0.15) is 16.5 Å². The van der Waals surface area contributed by atoms with Gasteiger partial charge in [-0.2, -0.15) is 0 Å². The number of aromatic nitrogens is 3. The van der Waals surface area contributed by atoms with Crippen LogP contribution in [0.2, 0.25) is 0 Å². The molecule has 3 aliphatic heterocycles. The van der Waals surface area contributed by atoms with Gasteiger partial charge in [-0.3, -0.25) is 4.79 Å². The van der Waals surface area contributed by atoms with Crippen molar-refractivity contribution < 1.29 is 23.8 Å². The van der Waals surface area contributed by atoms with Crippen LogP contribution in [0.25, 0.3) is 0 Å². The van der Waals surface area contributed by atoms with Gasteiger partial charge in [0.15, 0.2) is 17.2 Å². The van der Waals surface area contributed by atoms with Gasteiger partial charge in [0, 0.05) is 37.9 Å². The molecule has 158 valence electrons. The lowest BCUT2D eigenvalue weighted by Crippen LogP contribution is -2.52. The fourth-order valence-corrected chi connectivity index (χ4v) is 3.59. The number of morpholine rings is 1. The van der Waals surface area contributed by atoms with E-state index in [-0.39, 0.29) is 18.0 Å². The molecule has 0 aliphatic carbocycles. The van der Waals surface area contributed by atoms with Crippen molar-refractivity contribution in [2.75, 3.05) is 57.9 Å². The Kier molecular flexibility index (Phi) is 4.87. The molecule has 0 atom stereocenters. The SMILES string of the molecule is O=C(Nc1ccc2c(c1)OCCO2)N1CC(n2cc(C(=O)N3CCOCC3)nn2)C1. The summed E-state index contributed by atoms with van der Waals surface area (Å²) in [5.74, 6) is 1.16. The van der Waals surface area contributed by atoms with Crippen LogP contribution in [0.5, 0.6) is 11.5 Å². The largest absolute Gasteiger partial charge is 0.486 e. The fraction of sp³-hybridized carbons (Fsp3) is 0.474. The minimum Gasteiger partial charge on any atom is -0.486 e. The van der Waals surface area contributed by atoms with E-state index >= 15 is 0 Å². The number of rotatable bonds is 3. The number of carbonyl (C=O) groups is 2. The molecule has 4 heterocycles. The van der Waals surface area contributed by atoms with E-state index in [4.69, 9.17) is 14.2 Å². The topological polar surface area (TPSA) is 111 Å². The van der Waals surface area contributed by atoms with Crippen LogP contribution < -0.4 is 14.8 Å². The van der Waals surface area contributed by atoms with Gasteiger partial charge in [-0.05, 0) is 12.1 Å². The third-order valence-electron chi connectivity index (χ3n) is 5.34. The highest BCUT2D eigenvalue weighted by molar-refractivity contribution is 5.92. The molecule has 3 amide bonds. The Balaban J connectivity index is 1.15. The second kappa shape index (κ2) is 7.82. The number of anilines is 1. The van der Waals surface area contributed by atoms with Crippen LogP contribution in [-0.2, 0) is 4.74 Å². The highest BCUT2D eigenvalue weighted by Crippen LogP contribution is 2.33. The number of hydrogen-bond donors (Lipinski definition) is 1. The Hall–Kier alpha value is -3.34. The zero-order valence-electron chi connectivity index (χ0n) is 16.3. The maximum atomic E-state index is 12.5. The number of benzene rings is 1. The molecular formula is C19H22N6O5. The number of nitrogens with one attached hydrogen (secondary N) is 1. The molecule has 1 N–H and O–H groups in total. The summed E-state index contributed by atoms with van der Waals surface area (Å²) in [6.45, 7) is 4.19. The lowest BCUT2D eigenvalue weighted by molar-refractivity contribution is 0.0299. The number of nitrogens with zero attached hydrogens (tertiary/aromatic N) is 5. The standard InChI is InChI=1S/C19H22N6O5/c26-18(23-3-5-28-6-4-23)15-12-25(22-21-15)14-10-24(11-14)19(27)20-13-1-2-16-17(9-13)30-8-7-29-16/h1-2,9,12,14H,3-8,10-11H2,(H,20,27). The lowest BCUT2D eigenvalue weighted by Gasteiger charge is -2.38. The second-order valence-corrected chi connectivity index (χ2v) is 7.34. The molecule has 0 saturated carbocycles. The first-order valence-corrected chi connectivity index (χ1v) is 9.92. The number of hydrogen-bond acceptors (Lipinski definition) is 7. The summed E-state index contributed by atoms with van der Waals surface area (Å²) in [6.07, 6.45) is 1.65. The Bertz CT molecular complexity index is 951. The average molecular weight is 414 g/mol. The Morgan fingerprint density at radius 3 is 2.57 bits per heavy atom. The monoisotopic (exact) mass is 414 g/mol. The highest BCUT2D eigenvalue weighted by atomic mass is 16.6. The number of carbonyl (C=O) groups excluding carboxylic acids is 2. The van der Waals surface area contributed by atoms with Gasteiger partial charge in [0.2, 0.25) is 0 Å². The Labute approximate surface area is 172 Å². The molecule has 1 aromatic heterocycles. The zero-order valence-corrected chi connectivity index (χ0v) is 16.3. The van der Waals surface area contributed by atoms with Crippen molar-refractivity contribution in [2.45, 2.75) is 6.04 Å². The van der Waals surface area contributed by atoms with Crippen LogP contribution in [0.3, 0.4) is 0 Å². The molecule has 0 radical (unpaired) electrons. The second-order valence-electron chi connectivity index (χ2n) is 7.34. The molecule has 2 fully saturated rings. The molecule has 0 spiro atoms. The van der Waals surface area contributed by atoms with Crippen molar-refractivity contribution in [2.24, 2.45) is 0 Å². The Morgan fingerprint density at radius 2 is 1.77 bits per heavy atom. The first-order valence-electron chi connectivity index (χ1n) is 9.92. The van der Waals surface area contributed by atoms with E-state index in [1.807, 2.05) is 0 Å². The smallest absolute Gasteiger partial charge is 0.321 e. The van der Waals surface area contributed by atoms with E-state index in [0.29, 0.717) is 75.5 Å². The van der Waals surface area contributed by atoms with Gasteiger partial charge in [-0.15, -0.1) is 5.10 Å². The lowest BCUT2D eigenvalue weighted by atomic mass is 10.1. The summed E-state index contributed by atoms with van der Waals surface area (Å²) in [6, 6.07) is 5.11. The predicted octanol–water partition coefficient (Wildman–Crippen LogP) is 0.610. The molecular weight excluding hydrogens is 392 g/mol. The summed E-state index contributed by atoms with van der Waals surface area (Å²) in [5, 5.41) is 11.0. The maximum Gasteiger partial charge on any atom is 0.321 e. The quantitative estimate of drug-likeness (QED) is 0.783. The molecule has 30 heavy (non-hydrogen) atoms. The van der Waals surface area contributed by atoms with Crippen molar-refractivity contribution in [1.82, 2.24) is 24.8 Å². The summed E-state index contributed by atoms with van der Waals surface area (Å²) < 4.78 is 17.9. The van der Waals surface area contributed by atoms with Crippen LogP contribution in [0, 0.1) is 0 Å². The first kappa shape index (κ1) is 18.7. The molecule has 3 aliphatic rings. The van der Waals surface area contributed by atoms with E-state index < -0.39 is 0 Å². The molecule has 5 rings (SSSR count). The summed E-state index contributed by atoms with van der Waals surface area (Å²) >= 11 is 0. The third kappa shape index (κ3) is 3.63. The molecule has 11 heteroatoms. The number of urea groups is 1. The maximum absolute atomic E-state index is 12.5. The zero-order chi connectivity index (χ0) is 20.5. The van der Waals surface area contributed by atoms with E-state index in [1.54, 1.807) is 38.9 Å². The van der Waals surface area contributed by atoms with Gasteiger partial charge in [0.25, 0.3) is 5.91 Å². The summed E-state index contributed by atoms with van der Waals surface area (Å²) in [4.78, 5) is 28.4. The van der Waals surface area contributed by atoms with Crippen molar-refractivity contribution in [3.63, 3.8) is 0 Å². The van der Waals surface area contributed by atoms with E-state index in [1.165, 1.54) is 0 Å². The minimum atomic E-state index is -0.201. The van der Waals surface area contributed by atoms with Gasteiger partial charge >= 0.3 is 6.03 Å². The van der Waals surface area contributed by atoms with E-state index in [9.17, 15) is 9.59 Å². The van der Waals surface area contributed by atoms with Gasteiger partial charge < -0.3 is 29.3 Å². The third-order valence-corrected chi connectivity index (χ3v) is 5.34. The van der Waals surface area contributed by atoms with E-state index in [0.717, 1.165) is 0 Å². The van der Waals surface area contributed by atoms with Crippen molar-refractivity contribution in [1.29, 1.82) is 0 Å². The Morgan fingerprint density at radius 1 is 1.00 bits per heavy atom. The van der Waals surface area contributed by atoms with Crippen LogP contribution >= 0.6 is 0 Å². The molecule has 0 bridgehead atoms. The van der Waals surface area contributed by atoms with Crippen LogP contribution in [0.4, 0.5) is 10.5 Å². The molecule has 2 aromatic rings. The first-order chi connectivity index (χ1) is 14.7. The van der Waals surface area contributed by atoms with Gasteiger partial charge in [0.05, 0.1) is 25.5 Å². The van der Waals surface area contributed by atoms with Crippen molar-refractivity contribution in [3.05, 3.63) is 30.1 Å². The molecule has 0 unspecified atom stereocenters.